The van der Waals surface area contributed by atoms with Gasteiger partial charge in [0, 0.05) is 11.8 Å². The Balaban J connectivity index is 0.000000289. The van der Waals surface area contributed by atoms with Gasteiger partial charge in [0.1, 0.15) is 11.6 Å². The number of carbonyl (C=O) groups is 1. The van der Waals surface area contributed by atoms with E-state index in [9.17, 15) is 22.4 Å². The van der Waals surface area contributed by atoms with Crippen molar-refractivity contribution in [1.29, 1.82) is 5.26 Å². The summed E-state index contributed by atoms with van der Waals surface area (Å²) in [6, 6.07) is 8.84. The van der Waals surface area contributed by atoms with E-state index in [1.807, 2.05) is 6.92 Å². The van der Waals surface area contributed by atoms with Gasteiger partial charge in [-0.1, -0.05) is 6.07 Å². The summed E-state index contributed by atoms with van der Waals surface area (Å²) in [5.41, 5.74) is -1.31. The van der Waals surface area contributed by atoms with E-state index in [-0.39, 0.29) is 11.5 Å². The van der Waals surface area contributed by atoms with E-state index in [0.717, 1.165) is 12.1 Å². The van der Waals surface area contributed by atoms with Gasteiger partial charge in [0.15, 0.2) is 0 Å². The molecule has 0 aliphatic heterocycles. The lowest BCUT2D eigenvalue weighted by Crippen LogP contribution is -2.11. The Morgan fingerprint density at radius 2 is 1.93 bits per heavy atom. The Morgan fingerprint density at radius 1 is 1.26 bits per heavy atom. The molecule has 0 unspecified atom stereocenters. The maximum absolute atomic E-state index is 12.8. The SMILES string of the molecule is CCOc1ccc(C)c(F)c1.N#Cc1ccc(NC(=O)O)cc1C(F)(F)F. The number of rotatable bonds is 3. The molecule has 0 fully saturated rings. The van der Waals surface area contributed by atoms with Crippen LogP contribution in [0.15, 0.2) is 36.4 Å². The molecule has 0 saturated carbocycles. The van der Waals surface area contributed by atoms with E-state index in [2.05, 4.69) is 0 Å². The molecule has 0 aromatic heterocycles. The zero-order valence-corrected chi connectivity index (χ0v) is 14.4. The molecule has 144 valence electrons. The predicted octanol–water partition coefficient (Wildman–Crippen LogP) is 5.20. The first-order valence-electron chi connectivity index (χ1n) is 7.58. The number of alkyl halides is 3. The third-order valence-electron chi connectivity index (χ3n) is 3.15. The van der Waals surface area contributed by atoms with E-state index >= 15 is 0 Å². The highest BCUT2D eigenvalue weighted by molar-refractivity contribution is 5.83. The van der Waals surface area contributed by atoms with Crippen LogP contribution in [0.5, 0.6) is 5.75 Å². The van der Waals surface area contributed by atoms with Crippen molar-refractivity contribution >= 4 is 11.8 Å². The van der Waals surface area contributed by atoms with Crippen molar-refractivity contribution in [2.24, 2.45) is 0 Å². The van der Waals surface area contributed by atoms with Gasteiger partial charge in [0.05, 0.1) is 23.8 Å². The molecule has 0 heterocycles. The van der Waals surface area contributed by atoms with Crippen molar-refractivity contribution < 1.29 is 32.2 Å². The van der Waals surface area contributed by atoms with Crippen LogP contribution in [0.4, 0.5) is 28.0 Å². The lowest BCUT2D eigenvalue weighted by atomic mass is 10.1. The molecule has 0 aliphatic rings. The van der Waals surface area contributed by atoms with Crippen molar-refractivity contribution in [3.8, 4) is 11.8 Å². The molecule has 5 nitrogen and oxygen atoms in total. The van der Waals surface area contributed by atoms with E-state index in [1.54, 1.807) is 24.4 Å². The molecule has 0 atom stereocenters. The van der Waals surface area contributed by atoms with Gasteiger partial charge in [-0.3, -0.25) is 5.32 Å². The van der Waals surface area contributed by atoms with Gasteiger partial charge >= 0.3 is 12.3 Å². The Morgan fingerprint density at radius 3 is 2.41 bits per heavy atom. The first-order chi connectivity index (χ1) is 12.6. The molecule has 9 heteroatoms. The number of amides is 1. The number of hydrogen-bond acceptors (Lipinski definition) is 3. The van der Waals surface area contributed by atoms with Crippen LogP contribution < -0.4 is 10.1 Å². The van der Waals surface area contributed by atoms with Crippen LogP contribution >= 0.6 is 0 Å². The summed E-state index contributed by atoms with van der Waals surface area (Å²) in [6.45, 7) is 4.17. The number of hydrogen-bond donors (Lipinski definition) is 2. The molecular weight excluding hydrogens is 368 g/mol. The predicted molar refractivity (Wildman–Crippen MR) is 90.1 cm³/mol. The van der Waals surface area contributed by atoms with Gasteiger partial charge in [-0.15, -0.1) is 0 Å². The Bertz CT molecular complexity index is 845. The van der Waals surface area contributed by atoms with E-state index in [4.69, 9.17) is 15.1 Å². The molecule has 0 saturated heterocycles. The summed E-state index contributed by atoms with van der Waals surface area (Å²) in [4.78, 5) is 10.2. The topological polar surface area (TPSA) is 82.3 Å². The first kappa shape index (κ1) is 21.8. The molecule has 2 aromatic carbocycles. The largest absolute Gasteiger partial charge is 0.494 e. The van der Waals surface area contributed by atoms with Gasteiger partial charge in [-0.2, -0.15) is 18.4 Å². The monoisotopic (exact) mass is 384 g/mol. The molecule has 0 aliphatic carbocycles. The third-order valence-corrected chi connectivity index (χ3v) is 3.15. The number of benzene rings is 2. The zero-order valence-electron chi connectivity index (χ0n) is 14.4. The summed E-state index contributed by atoms with van der Waals surface area (Å²) < 4.78 is 55.2. The van der Waals surface area contributed by atoms with E-state index in [1.165, 1.54) is 12.1 Å². The Hall–Kier alpha value is -3.28. The number of nitrogens with one attached hydrogen (secondary N) is 1. The number of nitriles is 1. The number of nitrogens with zero attached hydrogens (tertiary/aromatic N) is 1. The van der Waals surface area contributed by atoms with Crippen LogP contribution in [0.25, 0.3) is 0 Å². The Labute approximate surface area is 152 Å². The smallest absolute Gasteiger partial charge is 0.417 e. The minimum Gasteiger partial charge on any atom is -0.494 e. The molecule has 1 amide bonds. The van der Waals surface area contributed by atoms with Gasteiger partial charge < -0.3 is 9.84 Å². The van der Waals surface area contributed by atoms with Crippen molar-refractivity contribution in [2.75, 3.05) is 11.9 Å². The second-order valence-corrected chi connectivity index (χ2v) is 5.14. The highest BCUT2D eigenvalue weighted by Gasteiger charge is 2.33. The quantitative estimate of drug-likeness (QED) is 0.713. The number of carboxylic acid groups (broad SMARTS) is 1. The van der Waals surface area contributed by atoms with Gasteiger partial charge in [-0.25, -0.2) is 9.18 Å². The molecule has 27 heavy (non-hydrogen) atoms. The number of aryl methyl sites for hydroxylation is 1. The molecule has 0 radical (unpaired) electrons. The molecular formula is C18H16F4N2O3. The van der Waals surface area contributed by atoms with Crippen molar-refractivity contribution in [2.45, 2.75) is 20.0 Å². The second kappa shape index (κ2) is 9.43. The molecule has 2 rings (SSSR count). The summed E-state index contributed by atoms with van der Waals surface area (Å²) >= 11 is 0. The minimum absolute atomic E-state index is 0.212. The highest BCUT2D eigenvalue weighted by atomic mass is 19.4. The molecule has 2 aromatic rings. The number of halogens is 4. The number of ether oxygens (including phenoxy) is 1. The minimum atomic E-state index is -4.69. The normalized spacial score (nSPS) is 10.3. The molecule has 2 N–H and O–H groups in total. The fraction of sp³-hybridized carbons (Fsp3) is 0.222. The van der Waals surface area contributed by atoms with Crippen LogP contribution in [0, 0.1) is 24.1 Å². The lowest BCUT2D eigenvalue weighted by molar-refractivity contribution is -0.137. The summed E-state index contributed by atoms with van der Waals surface area (Å²) in [7, 11) is 0. The van der Waals surface area contributed by atoms with Crippen molar-refractivity contribution in [1.82, 2.24) is 0 Å². The van der Waals surface area contributed by atoms with Crippen LogP contribution in [-0.2, 0) is 6.18 Å². The van der Waals surface area contributed by atoms with Crippen LogP contribution in [0.3, 0.4) is 0 Å². The summed E-state index contributed by atoms with van der Waals surface area (Å²) in [5, 5.41) is 18.6. The van der Waals surface area contributed by atoms with E-state index in [0.29, 0.717) is 24.0 Å². The first-order valence-corrected chi connectivity index (χ1v) is 7.58. The van der Waals surface area contributed by atoms with Crippen molar-refractivity contribution in [3.05, 3.63) is 58.9 Å². The number of anilines is 1. The van der Waals surface area contributed by atoms with Gasteiger partial charge in [-0.05, 0) is 43.7 Å². The molecule has 0 bridgehead atoms. The maximum atomic E-state index is 12.8. The standard InChI is InChI=1S/C9H5F3N2O2.C9H11FO/c10-9(11,12)7-3-6(14-8(15)16)2-1-5(7)4-13;1-3-11-8-5-4-7(2)9(10)6-8/h1-3,14H,(H,15,16);4-6H,3H2,1-2H3. The van der Waals surface area contributed by atoms with Crippen LogP contribution in [0.1, 0.15) is 23.6 Å². The van der Waals surface area contributed by atoms with Crippen LogP contribution in [0.2, 0.25) is 0 Å². The highest BCUT2D eigenvalue weighted by Crippen LogP contribution is 2.33. The third kappa shape index (κ3) is 6.86. The Kier molecular flexibility index (Phi) is 7.60. The second-order valence-electron chi connectivity index (χ2n) is 5.14. The zero-order chi connectivity index (χ0) is 20.6. The van der Waals surface area contributed by atoms with Crippen LogP contribution in [-0.4, -0.2) is 17.8 Å². The van der Waals surface area contributed by atoms with Gasteiger partial charge in [0.2, 0.25) is 0 Å². The lowest BCUT2D eigenvalue weighted by Gasteiger charge is -2.10. The molecule has 0 spiro atoms. The van der Waals surface area contributed by atoms with Gasteiger partial charge in [0.25, 0.3) is 0 Å². The van der Waals surface area contributed by atoms with Crippen molar-refractivity contribution in [3.63, 3.8) is 0 Å². The fourth-order valence-corrected chi connectivity index (χ4v) is 1.91. The maximum Gasteiger partial charge on any atom is 0.417 e. The fourth-order valence-electron chi connectivity index (χ4n) is 1.91. The average molecular weight is 384 g/mol. The average Bonchev–Trinajstić information content (AvgIpc) is 2.58. The summed E-state index contributed by atoms with van der Waals surface area (Å²) in [6.07, 6.45) is -6.17. The van der Waals surface area contributed by atoms with E-state index < -0.39 is 23.4 Å². The summed E-state index contributed by atoms with van der Waals surface area (Å²) in [5.74, 6) is 0.381.